The molecule has 118 valence electrons. The molecular weight excluding hydrogens is 286 g/mol. The molecule has 0 radical (unpaired) electrons. The molecule has 4 rings (SSSR count). The molecule has 1 aliphatic heterocycles. The van der Waals surface area contributed by atoms with Crippen LogP contribution < -0.4 is 0 Å². The quantitative estimate of drug-likeness (QED) is 0.922. The molecule has 1 aliphatic carbocycles. The fraction of sp³-hybridized carbons (Fsp3) is 0.368. The van der Waals surface area contributed by atoms with Crippen molar-refractivity contribution in [2.75, 3.05) is 13.1 Å². The number of hydrogen-bond donors (Lipinski definition) is 1. The molecular formula is C19H21N3O. The molecule has 3 heterocycles. The van der Waals surface area contributed by atoms with Crippen LogP contribution in [0.25, 0.3) is 11.0 Å². The molecule has 4 nitrogen and oxygen atoms in total. The van der Waals surface area contributed by atoms with E-state index in [2.05, 4.69) is 34.3 Å². The van der Waals surface area contributed by atoms with Crippen LogP contribution in [0.4, 0.5) is 0 Å². The second-order valence-corrected chi connectivity index (χ2v) is 6.36. The van der Waals surface area contributed by atoms with E-state index in [9.17, 15) is 4.79 Å². The van der Waals surface area contributed by atoms with E-state index < -0.39 is 0 Å². The van der Waals surface area contributed by atoms with Gasteiger partial charge in [0.25, 0.3) is 5.91 Å². The van der Waals surface area contributed by atoms with Crippen molar-refractivity contribution in [1.29, 1.82) is 0 Å². The molecule has 2 aromatic rings. The monoisotopic (exact) mass is 307 g/mol. The van der Waals surface area contributed by atoms with Gasteiger partial charge in [0.1, 0.15) is 5.65 Å². The van der Waals surface area contributed by atoms with E-state index in [4.69, 9.17) is 0 Å². The number of likely N-dealkylation sites (tertiary alicyclic amines) is 1. The molecule has 1 fully saturated rings. The molecule has 2 aliphatic rings. The fourth-order valence-electron chi connectivity index (χ4n) is 3.63. The van der Waals surface area contributed by atoms with E-state index in [0.29, 0.717) is 0 Å². The number of amides is 1. The maximum absolute atomic E-state index is 12.7. The van der Waals surface area contributed by atoms with E-state index in [1.807, 2.05) is 23.4 Å². The zero-order valence-electron chi connectivity index (χ0n) is 13.2. The lowest BCUT2D eigenvalue weighted by Crippen LogP contribution is -2.36. The summed E-state index contributed by atoms with van der Waals surface area (Å²) in [5.74, 6) is 0.426. The summed E-state index contributed by atoms with van der Waals surface area (Å²) >= 11 is 0. The second kappa shape index (κ2) is 6.03. The molecule has 1 unspecified atom stereocenters. The number of fused-ring (bicyclic) bond motifs is 1. The first-order valence-corrected chi connectivity index (χ1v) is 8.42. The van der Waals surface area contributed by atoms with E-state index in [0.717, 1.165) is 49.0 Å². The molecule has 1 saturated heterocycles. The molecule has 23 heavy (non-hydrogen) atoms. The third kappa shape index (κ3) is 2.69. The Morgan fingerprint density at radius 1 is 1.22 bits per heavy atom. The zero-order valence-corrected chi connectivity index (χ0v) is 13.2. The number of carbonyl (C=O) groups is 1. The van der Waals surface area contributed by atoms with Crippen molar-refractivity contribution < 1.29 is 4.79 Å². The number of H-pyrrole nitrogens is 1. The predicted octanol–water partition coefficient (Wildman–Crippen LogP) is 3.55. The first-order chi connectivity index (χ1) is 11.3. The molecule has 0 aromatic carbocycles. The minimum Gasteiger partial charge on any atom is -0.346 e. The second-order valence-electron chi connectivity index (χ2n) is 6.36. The van der Waals surface area contributed by atoms with Crippen LogP contribution in [0.3, 0.4) is 0 Å². The van der Waals surface area contributed by atoms with Gasteiger partial charge in [-0.2, -0.15) is 0 Å². The number of aromatic nitrogens is 2. The van der Waals surface area contributed by atoms with Gasteiger partial charge in [0.2, 0.25) is 0 Å². The number of carbonyl (C=O) groups excluding carboxylic acids is 1. The van der Waals surface area contributed by atoms with Crippen molar-refractivity contribution in [3.63, 3.8) is 0 Å². The zero-order chi connectivity index (χ0) is 15.6. The van der Waals surface area contributed by atoms with Gasteiger partial charge in [-0.3, -0.25) is 4.79 Å². The first-order valence-electron chi connectivity index (χ1n) is 8.42. The summed E-state index contributed by atoms with van der Waals surface area (Å²) in [6.07, 6.45) is 14.4. The van der Waals surface area contributed by atoms with Crippen molar-refractivity contribution in [3.05, 3.63) is 53.9 Å². The maximum Gasteiger partial charge on any atom is 0.253 e. The van der Waals surface area contributed by atoms with Crippen LogP contribution in [-0.2, 0) is 4.79 Å². The van der Waals surface area contributed by atoms with Crippen molar-refractivity contribution in [1.82, 2.24) is 14.9 Å². The van der Waals surface area contributed by atoms with Gasteiger partial charge >= 0.3 is 0 Å². The standard InChI is InChI=1S/C19H21N3O/c23-19(22-11-2-1-3-12-22)15-6-4-5-14(13-15)16-7-9-20-18-17(16)8-10-21-18/h4,6-10,13-14H,1-3,5,11-12H2,(H,20,21). The number of piperidine rings is 1. The Hall–Kier alpha value is -2.36. The topological polar surface area (TPSA) is 49.0 Å². The Kier molecular flexibility index (Phi) is 3.74. The summed E-state index contributed by atoms with van der Waals surface area (Å²) < 4.78 is 0. The number of aromatic amines is 1. The van der Waals surface area contributed by atoms with Crippen LogP contribution in [0.5, 0.6) is 0 Å². The first kappa shape index (κ1) is 14.2. The lowest BCUT2D eigenvalue weighted by atomic mass is 9.88. The normalized spacial score (nSPS) is 21.5. The van der Waals surface area contributed by atoms with Gasteiger partial charge in [0.15, 0.2) is 0 Å². The van der Waals surface area contributed by atoms with Crippen LogP contribution in [-0.4, -0.2) is 33.9 Å². The summed E-state index contributed by atoms with van der Waals surface area (Å²) in [7, 11) is 0. The number of allylic oxidation sites excluding steroid dienone is 2. The third-order valence-corrected chi connectivity index (χ3v) is 4.85. The summed E-state index contributed by atoms with van der Waals surface area (Å²) in [6, 6.07) is 4.13. The predicted molar refractivity (Wildman–Crippen MR) is 91.1 cm³/mol. The molecule has 4 heteroatoms. The SMILES string of the molecule is O=C(C1=CC(c2ccnc3[nH]ccc23)CC=C1)N1CCCCC1. The van der Waals surface area contributed by atoms with Gasteiger partial charge in [-0.15, -0.1) is 0 Å². The molecule has 2 aromatic heterocycles. The molecule has 0 spiro atoms. The summed E-state index contributed by atoms with van der Waals surface area (Å²) in [4.78, 5) is 22.2. The van der Waals surface area contributed by atoms with E-state index >= 15 is 0 Å². The Bertz CT molecular complexity index is 781. The van der Waals surface area contributed by atoms with E-state index in [1.165, 1.54) is 12.0 Å². The minimum absolute atomic E-state index is 0.185. The average Bonchev–Trinajstić information content (AvgIpc) is 3.10. The molecule has 1 atom stereocenters. The molecule has 0 bridgehead atoms. The number of hydrogen-bond acceptors (Lipinski definition) is 2. The smallest absolute Gasteiger partial charge is 0.253 e. The summed E-state index contributed by atoms with van der Waals surface area (Å²) in [6.45, 7) is 1.79. The lowest BCUT2D eigenvalue weighted by molar-refractivity contribution is -0.127. The number of rotatable bonds is 2. The maximum atomic E-state index is 12.7. The van der Waals surface area contributed by atoms with Gasteiger partial charge in [-0.25, -0.2) is 4.98 Å². The largest absolute Gasteiger partial charge is 0.346 e. The van der Waals surface area contributed by atoms with Gasteiger partial charge in [0, 0.05) is 42.4 Å². The van der Waals surface area contributed by atoms with Gasteiger partial charge in [-0.1, -0.05) is 18.2 Å². The average molecular weight is 307 g/mol. The number of nitrogens with zero attached hydrogens (tertiary/aromatic N) is 2. The Balaban J connectivity index is 1.63. The van der Waals surface area contributed by atoms with Crippen LogP contribution in [0, 0.1) is 0 Å². The Morgan fingerprint density at radius 2 is 2.09 bits per heavy atom. The van der Waals surface area contributed by atoms with Crippen molar-refractivity contribution >= 4 is 16.9 Å². The van der Waals surface area contributed by atoms with Gasteiger partial charge < -0.3 is 9.88 Å². The van der Waals surface area contributed by atoms with Crippen LogP contribution in [0.15, 0.2) is 48.3 Å². The highest BCUT2D eigenvalue weighted by Gasteiger charge is 2.23. The number of nitrogens with one attached hydrogen (secondary N) is 1. The van der Waals surface area contributed by atoms with E-state index in [-0.39, 0.29) is 11.8 Å². The van der Waals surface area contributed by atoms with Crippen molar-refractivity contribution in [2.24, 2.45) is 0 Å². The Labute approximate surface area is 135 Å². The van der Waals surface area contributed by atoms with Crippen molar-refractivity contribution in [2.45, 2.75) is 31.6 Å². The highest BCUT2D eigenvalue weighted by Crippen LogP contribution is 2.32. The molecule has 1 amide bonds. The fourth-order valence-corrected chi connectivity index (χ4v) is 3.63. The van der Waals surface area contributed by atoms with Crippen LogP contribution in [0.2, 0.25) is 0 Å². The minimum atomic E-state index is 0.185. The van der Waals surface area contributed by atoms with Gasteiger partial charge in [-0.05, 0) is 43.4 Å². The summed E-state index contributed by atoms with van der Waals surface area (Å²) in [5.41, 5.74) is 2.99. The van der Waals surface area contributed by atoms with E-state index in [1.54, 1.807) is 0 Å². The molecule has 1 N–H and O–H groups in total. The number of pyridine rings is 1. The third-order valence-electron chi connectivity index (χ3n) is 4.85. The lowest BCUT2D eigenvalue weighted by Gasteiger charge is -2.28. The summed E-state index contributed by atoms with van der Waals surface area (Å²) in [5, 5.41) is 1.15. The highest BCUT2D eigenvalue weighted by molar-refractivity contribution is 5.97. The Morgan fingerprint density at radius 3 is 2.96 bits per heavy atom. The van der Waals surface area contributed by atoms with Crippen LogP contribution >= 0.6 is 0 Å². The van der Waals surface area contributed by atoms with Crippen LogP contribution in [0.1, 0.15) is 37.2 Å². The molecule has 0 saturated carbocycles. The highest BCUT2D eigenvalue weighted by atomic mass is 16.2. The van der Waals surface area contributed by atoms with Gasteiger partial charge in [0.05, 0.1) is 0 Å². The van der Waals surface area contributed by atoms with Crippen molar-refractivity contribution in [3.8, 4) is 0 Å².